The highest BCUT2D eigenvalue weighted by atomic mass is 32.2. The molecular weight excluding hydrogens is 178 g/mol. The molecule has 0 aliphatic carbocycles. The van der Waals surface area contributed by atoms with Crippen LogP contribution in [-0.4, -0.2) is 5.75 Å². The average Bonchev–Trinajstić information content (AvgIpc) is 2.00. The fourth-order valence-electron chi connectivity index (χ4n) is 0.904. The molecule has 13 heavy (non-hydrogen) atoms. The van der Waals surface area contributed by atoms with Gasteiger partial charge >= 0.3 is 0 Å². The van der Waals surface area contributed by atoms with Gasteiger partial charge in [-0.15, -0.1) is 11.8 Å². The van der Waals surface area contributed by atoms with E-state index < -0.39 is 0 Å². The zero-order valence-electron chi connectivity index (χ0n) is 8.50. The highest BCUT2D eigenvalue weighted by Gasteiger charge is 2.10. The van der Waals surface area contributed by atoms with Gasteiger partial charge in [-0.3, -0.25) is 0 Å². The van der Waals surface area contributed by atoms with Crippen molar-refractivity contribution in [3.05, 3.63) is 24.3 Å². The summed E-state index contributed by atoms with van der Waals surface area (Å²) in [5.41, 5.74) is 6.90. The van der Waals surface area contributed by atoms with Crippen LogP contribution in [0, 0.1) is 5.41 Å². The van der Waals surface area contributed by atoms with E-state index >= 15 is 0 Å². The second-order valence-corrected chi connectivity index (χ2v) is 5.47. The number of anilines is 1. The monoisotopic (exact) mass is 195 g/mol. The second kappa shape index (κ2) is 4.05. The normalized spacial score (nSPS) is 11.6. The van der Waals surface area contributed by atoms with Crippen LogP contribution in [0.15, 0.2) is 29.2 Å². The Morgan fingerprint density at radius 3 is 2.54 bits per heavy atom. The quantitative estimate of drug-likeness (QED) is 0.578. The van der Waals surface area contributed by atoms with Gasteiger partial charge in [0.1, 0.15) is 0 Å². The van der Waals surface area contributed by atoms with E-state index in [4.69, 9.17) is 5.73 Å². The number of nitrogen functional groups attached to an aromatic ring is 1. The first-order chi connectivity index (χ1) is 5.97. The van der Waals surface area contributed by atoms with Crippen LogP contribution in [0.25, 0.3) is 0 Å². The van der Waals surface area contributed by atoms with Crippen LogP contribution in [0.3, 0.4) is 0 Å². The Hall–Kier alpha value is -0.630. The maximum atomic E-state index is 5.68. The lowest BCUT2D eigenvalue weighted by Crippen LogP contribution is -2.07. The lowest BCUT2D eigenvalue weighted by atomic mass is 10.0. The van der Waals surface area contributed by atoms with Gasteiger partial charge in [0.15, 0.2) is 0 Å². The molecule has 0 unspecified atom stereocenters. The van der Waals surface area contributed by atoms with E-state index in [1.54, 1.807) is 0 Å². The number of rotatable bonds is 2. The summed E-state index contributed by atoms with van der Waals surface area (Å²) in [7, 11) is 0. The molecule has 0 bridgehead atoms. The highest BCUT2D eigenvalue weighted by Crippen LogP contribution is 2.27. The lowest BCUT2D eigenvalue weighted by Gasteiger charge is -2.17. The first kappa shape index (κ1) is 10.5. The Morgan fingerprint density at radius 1 is 1.31 bits per heavy atom. The Labute approximate surface area is 84.7 Å². The molecule has 0 saturated carbocycles. The van der Waals surface area contributed by atoms with Crippen molar-refractivity contribution in [3.63, 3.8) is 0 Å². The minimum absolute atomic E-state index is 0.370. The van der Waals surface area contributed by atoms with E-state index in [1.165, 1.54) is 4.90 Å². The Bertz CT molecular complexity index is 276. The topological polar surface area (TPSA) is 26.0 Å². The summed E-state index contributed by atoms with van der Waals surface area (Å²) in [5, 5.41) is 0. The van der Waals surface area contributed by atoms with Crippen molar-refractivity contribution in [1.29, 1.82) is 0 Å². The summed E-state index contributed by atoms with van der Waals surface area (Å²) in [5.74, 6) is 1.12. The molecule has 0 aromatic heterocycles. The van der Waals surface area contributed by atoms with E-state index in [2.05, 4.69) is 26.8 Å². The predicted octanol–water partition coefficient (Wildman–Crippen LogP) is 3.41. The first-order valence-corrected chi connectivity index (χ1v) is 5.44. The van der Waals surface area contributed by atoms with Gasteiger partial charge in [-0.2, -0.15) is 0 Å². The van der Waals surface area contributed by atoms with Gasteiger partial charge in [-0.25, -0.2) is 0 Å². The molecule has 0 heterocycles. The summed E-state index contributed by atoms with van der Waals surface area (Å²) < 4.78 is 0. The smallest absolute Gasteiger partial charge is 0.0325 e. The van der Waals surface area contributed by atoms with Gasteiger partial charge in [0.25, 0.3) is 0 Å². The van der Waals surface area contributed by atoms with E-state index in [1.807, 2.05) is 30.0 Å². The summed E-state index contributed by atoms with van der Waals surface area (Å²) >= 11 is 1.86. The van der Waals surface area contributed by atoms with Crippen molar-refractivity contribution in [2.45, 2.75) is 25.7 Å². The van der Waals surface area contributed by atoms with Crippen molar-refractivity contribution >= 4 is 17.4 Å². The standard InChI is InChI=1S/C11H17NS/c1-11(2,3)8-13-10-6-4-5-9(12)7-10/h4-7H,8,12H2,1-3H3. The molecule has 0 radical (unpaired) electrons. The van der Waals surface area contributed by atoms with E-state index in [0.29, 0.717) is 5.41 Å². The van der Waals surface area contributed by atoms with Crippen LogP contribution < -0.4 is 5.73 Å². The van der Waals surface area contributed by atoms with E-state index in [9.17, 15) is 0 Å². The van der Waals surface area contributed by atoms with Gasteiger partial charge in [-0.1, -0.05) is 26.8 Å². The largest absolute Gasteiger partial charge is 0.399 e. The maximum absolute atomic E-state index is 5.68. The molecule has 1 aromatic rings. The van der Waals surface area contributed by atoms with E-state index in [-0.39, 0.29) is 0 Å². The summed E-state index contributed by atoms with van der Waals surface area (Å²) in [6.07, 6.45) is 0. The fraction of sp³-hybridized carbons (Fsp3) is 0.455. The third-order valence-corrected chi connectivity index (χ3v) is 3.13. The summed E-state index contributed by atoms with van der Waals surface area (Å²) in [6.45, 7) is 6.73. The Balaban J connectivity index is 2.55. The predicted molar refractivity (Wildman–Crippen MR) is 61.0 cm³/mol. The van der Waals surface area contributed by atoms with Crippen molar-refractivity contribution in [2.75, 3.05) is 11.5 Å². The molecular formula is C11H17NS. The molecule has 0 amide bonds. The molecule has 1 aromatic carbocycles. The first-order valence-electron chi connectivity index (χ1n) is 4.46. The third-order valence-electron chi connectivity index (χ3n) is 1.53. The van der Waals surface area contributed by atoms with Gasteiger partial charge in [0, 0.05) is 16.3 Å². The number of hydrogen-bond acceptors (Lipinski definition) is 2. The summed E-state index contributed by atoms with van der Waals surface area (Å²) in [6, 6.07) is 8.05. The zero-order valence-corrected chi connectivity index (χ0v) is 9.32. The number of thioether (sulfide) groups is 1. The van der Waals surface area contributed by atoms with E-state index in [0.717, 1.165) is 11.4 Å². The average molecular weight is 195 g/mol. The molecule has 0 atom stereocenters. The minimum atomic E-state index is 0.370. The number of hydrogen-bond donors (Lipinski definition) is 1. The van der Waals surface area contributed by atoms with Crippen LogP contribution in [-0.2, 0) is 0 Å². The van der Waals surface area contributed by atoms with Crippen molar-refractivity contribution in [2.24, 2.45) is 5.41 Å². The summed E-state index contributed by atoms with van der Waals surface area (Å²) in [4.78, 5) is 1.26. The van der Waals surface area contributed by atoms with Crippen molar-refractivity contribution in [3.8, 4) is 0 Å². The third kappa shape index (κ3) is 4.23. The van der Waals surface area contributed by atoms with Gasteiger partial charge in [0.05, 0.1) is 0 Å². The van der Waals surface area contributed by atoms with Gasteiger partial charge in [0.2, 0.25) is 0 Å². The van der Waals surface area contributed by atoms with Gasteiger partial charge in [-0.05, 0) is 23.6 Å². The molecule has 0 spiro atoms. The molecule has 1 rings (SSSR count). The number of nitrogens with two attached hydrogens (primary N) is 1. The van der Waals surface area contributed by atoms with Gasteiger partial charge < -0.3 is 5.73 Å². The SMILES string of the molecule is CC(C)(C)CSc1cccc(N)c1. The zero-order chi connectivity index (χ0) is 9.90. The Kier molecular flexibility index (Phi) is 3.26. The maximum Gasteiger partial charge on any atom is 0.0325 e. The molecule has 1 nitrogen and oxygen atoms in total. The van der Waals surface area contributed by atoms with Crippen LogP contribution in [0.5, 0.6) is 0 Å². The molecule has 2 N–H and O–H groups in total. The molecule has 0 saturated heterocycles. The van der Waals surface area contributed by atoms with Crippen molar-refractivity contribution < 1.29 is 0 Å². The molecule has 0 aliphatic heterocycles. The molecule has 0 fully saturated rings. The highest BCUT2D eigenvalue weighted by molar-refractivity contribution is 7.99. The van der Waals surface area contributed by atoms with Crippen LogP contribution in [0.1, 0.15) is 20.8 Å². The number of benzene rings is 1. The second-order valence-electron chi connectivity index (χ2n) is 4.42. The molecule has 0 aliphatic rings. The minimum Gasteiger partial charge on any atom is -0.399 e. The Morgan fingerprint density at radius 2 is 2.00 bits per heavy atom. The van der Waals surface area contributed by atoms with Crippen LogP contribution in [0.2, 0.25) is 0 Å². The molecule has 2 heteroatoms. The van der Waals surface area contributed by atoms with Crippen molar-refractivity contribution in [1.82, 2.24) is 0 Å². The molecule has 72 valence electrons. The lowest BCUT2D eigenvalue weighted by molar-refractivity contribution is 0.481. The fourth-order valence-corrected chi connectivity index (χ4v) is 1.90. The van der Waals surface area contributed by atoms with Crippen LogP contribution in [0.4, 0.5) is 5.69 Å². The van der Waals surface area contributed by atoms with Crippen LogP contribution >= 0.6 is 11.8 Å².